The van der Waals surface area contributed by atoms with Crippen LogP contribution in [0.1, 0.15) is 12.0 Å². The Morgan fingerprint density at radius 3 is 2.86 bits per heavy atom. The molecular formula is C12H13NO. The van der Waals surface area contributed by atoms with Gasteiger partial charge in [-0.1, -0.05) is 36.4 Å². The van der Waals surface area contributed by atoms with E-state index < -0.39 is 0 Å². The van der Waals surface area contributed by atoms with Crippen molar-refractivity contribution in [2.75, 3.05) is 0 Å². The van der Waals surface area contributed by atoms with Crippen LogP contribution in [0.5, 0.6) is 0 Å². The molecule has 1 aliphatic rings. The molecule has 2 heteroatoms. The molecule has 1 unspecified atom stereocenters. The first-order valence-electron chi connectivity index (χ1n) is 4.79. The monoisotopic (exact) mass is 187 g/mol. The van der Waals surface area contributed by atoms with Crippen molar-refractivity contribution in [1.29, 1.82) is 0 Å². The summed E-state index contributed by atoms with van der Waals surface area (Å²) >= 11 is 0. The van der Waals surface area contributed by atoms with E-state index in [2.05, 4.69) is 17.1 Å². The highest BCUT2D eigenvalue weighted by atomic mass is 16.5. The minimum absolute atomic E-state index is 0.139. The van der Waals surface area contributed by atoms with Gasteiger partial charge in [-0.15, -0.1) is 0 Å². The number of aliphatic imine (C=N–C) groups is 1. The van der Waals surface area contributed by atoms with Crippen LogP contribution < -0.4 is 0 Å². The third-order valence-electron chi connectivity index (χ3n) is 2.12. The van der Waals surface area contributed by atoms with E-state index in [1.807, 2.05) is 36.7 Å². The van der Waals surface area contributed by atoms with Crippen molar-refractivity contribution in [2.24, 2.45) is 4.99 Å². The largest absolute Gasteiger partial charge is 0.368 e. The average Bonchev–Trinajstić information content (AvgIpc) is 2.29. The molecule has 0 N–H and O–H groups in total. The van der Waals surface area contributed by atoms with Crippen LogP contribution in [-0.2, 0) is 11.3 Å². The first-order chi connectivity index (χ1) is 6.95. The van der Waals surface area contributed by atoms with Crippen molar-refractivity contribution >= 4 is 6.21 Å². The summed E-state index contributed by atoms with van der Waals surface area (Å²) in [6.07, 6.45) is 6.75. The van der Waals surface area contributed by atoms with Crippen LogP contribution in [0.15, 0.2) is 47.6 Å². The van der Waals surface area contributed by atoms with E-state index in [1.165, 1.54) is 5.56 Å². The Morgan fingerprint density at radius 1 is 1.29 bits per heavy atom. The van der Waals surface area contributed by atoms with Gasteiger partial charge in [0.2, 0.25) is 0 Å². The predicted octanol–water partition coefficient (Wildman–Crippen LogP) is 2.56. The summed E-state index contributed by atoms with van der Waals surface area (Å²) in [6.45, 7) is 0.658. The second-order valence-corrected chi connectivity index (χ2v) is 3.25. The van der Waals surface area contributed by atoms with Gasteiger partial charge in [0.1, 0.15) is 0 Å². The van der Waals surface area contributed by atoms with Crippen molar-refractivity contribution in [1.82, 2.24) is 0 Å². The Balaban J connectivity index is 1.83. The Kier molecular flexibility index (Phi) is 3.09. The molecule has 0 radical (unpaired) electrons. The fourth-order valence-corrected chi connectivity index (χ4v) is 1.35. The lowest BCUT2D eigenvalue weighted by Crippen LogP contribution is -2.14. The number of ether oxygens (including phenoxy) is 1. The van der Waals surface area contributed by atoms with Crippen LogP contribution >= 0.6 is 0 Å². The summed E-state index contributed by atoms with van der Waals surface area (Å²) in [7, 11) is 0. The number of hydrogen-bond donors (Lipinski definition) is 0. The molecule has 0 fully saturated rings. The zero-order valence-electron chi connectivity index (χ0n) is 7.97. The second kappa shape index (κ2) is 4.72. The van der Waals surface area contributed by atoms with Crippen LogP contribution in [0.3, 0.4) is 0 Å². The molecule has 72 valence electrons. The lowest BCUT2D eigenvalue weighted by Gasteiger charge is -2.13. The van der Waals surface area contributed by atoms with Crippen LogP contribution in [0, 0.1) is 0 Å². The number of hydrogen-bond acceptors (Lipinski definition) is 2. The SMILES string of the molecule is C1=CN=CC(OCc2ccccc2)C1. The molecular weight excluding hydrogens is 174 g/mol. The highest BCUT2D eigenvalue weighted by Gasteiger charge is 2.05. The zero-order chi connectivity index (χ0) is 9.64. The standard InChI is InChI=1S/C12H13NO/c1-2-5-11(6-3-1)10-14-12-7-4-8-13-9-12/h1-6,8-9,12H,7,10H2. The maximum atomic E-state index is 5.67. The highest BCUT2D eigenvalue weighted by Crippen LogP contribution is 2.07. The maximum Gasteiger partial charge on any atom is 0.0965 e. The third-order valence-corrected chi connectivity index (χ3v) is 2.12. The smallest absolute Gasteiger partial charge is 0.0965 e. The predicted molar refractivity (Wildman–Crippen MR) is 57.3 cm³/mol. The van der Waals surface area contributed by atoms with Crippen LogP contribution in [0.2, 0.25) is 0 Å². The fourth-order valence-electron chi connectivity index (χ4n) is 1.35. The van der Waals surface area contributed by atoms with Gasteiger partial charge in [0.25, 0.3) is 0 Å². The Labute approximate surface area is 83.9 Å². The van der Waals surface area contributed by atoms with Gasteiger partial charge >= 0.3 is 0 Å². The molecule has 0 aromatic heterocycles. The van der Waals surface area contributed by atoms with Crippen molar-refractivity contribution < 1.29 is 4.74 Å². The van der Waals surface area contributed by atoms with E-state index >= 15 is 0 Å². The summed E-state index contributed by atoms with van der Waals surface area (Å²) in [6, 6.07) is 10.2. The quantitative estimate of drug-likeness (QED) is 0.712. The maximum absolute atomic E-state index is 5.67. The molecule has 1 atom stereocenters. The summed E-state index contributed by atoms with van der Waals surface area (Å²) < 4.78 is 5.67. The number of nitrogens with zero attached hydrogens (tertiary/aromatic N) is 1. The lowest BCUT2D eigenvalue weighted by molar-refractivity contribution is 0.0886. The normalized spacial score (nSPS) is 19.9. The molecule has 0 amide bonds. The molecule has 1 aromatic carbocycles. The Bertz CT molecular complexity index is 329. The Morgan fingerprint density at radius 2 is 2.14 bits per heavy atom. The Hall–Kier alpha value is -1.41. The van der Waals surface area contributed by atoms with E-state index in [9.17, 15) is 0 Å². The average molecular weight is 187 g/mol. The molecule has 0 saturated heterocycles. The summed E-state index contributed by atoms with van der Waals surface area (Å²) in [4.78, 5) is 4.04. The van der Waals surface area contributed by atoms with E-state index in [-0.39, 0.29) is 6.10 Å². The van der Waals surface area contributed by atoms with Crippen LogP contribution in [-0.4, -0.2) is 12.3 Å². The van der Waals surface area contributed by atoms with E-state index in [0.29, 0.717) is 6.61 Å². The summed E-state index contributed by atoms with van der Waals surface area (Å²) in [5.41, 5.74) is 1.20. The number of rotatable bonds is 3. The number of benzene rings is 1. The molecule has 2 nitrogen and oxygen atoms in total. The summed E-state index contributed by atoms with van der Waals surface area (Å²) in [5.74, 6) is 0. The highest BCUT2D eigenvalue weighted by molar-refractivity contribution is 5.65. The van der Waals surface area contributed by atoms with Crippen molar-refractivity contribution in [3.8, 4) is 0 Å². The van der Waals surface area contributed by atoms with Crippen molar-refractivity contribution in [3.63, 3.8) is 0 Å². The molecule has 1 aromatic rings. The van der Waals surface area contributed by atoms with Gasteiger partial charge in [0.15, 0.2) is 0 Å². The van der Waals surface area contributed by atoms with Crippen molar-refractivity contribution in [2.45, 2.75) is 19.1 Å². The molecule has 0 aliphatic carbocycles. The summed E-state index contributed by atoms with van der Waals surface area (Å²) in [5, 5.41) is 0. The second-order valence-electron chi connectivity index (χ2n) is 3.25. The lowest BCUT2D eigenvalue weighted by atomic mass is 10.2. The van der Waals surface area contributed by atoms with Crippen LogP contribution in [0.25, 0.3) is 0 Å². The van der Waals surface area contributed by atoms with E-state index in [0.717, 1.165) is 6.42 Å². The minimum atomic E-state index is 0.139. The van der Waals surface area contributed by atoms with Gasteiger partial charge in [-0.3, -0.25) is 4.99 Å². The van der Waals surface area contributed by atoms with Gasteiger partial charge < -0.3 is 4.74 Å². The first-order valence-corrected chi connectivity index (χ1v) is 4.79. The minimum Gasteiger partial charge on any atom is -0.368 e. The molecule has 1 aliphatic heterocycles. The topological polar surface area (TPSA) is 21.6 Å². The van der Waals surface area contributed by atoms with Gasteiger partial charge in [-0.2, -0.15) is 0 Å². The van der Waals surface area contributed by atoms with E-state index in [1.54, 1.807) is 0 Å². The van der Waals surface area contributed by atoms with Crippen molar-refractivity contribution in [3.05, 3.63) is 48.2 Å². The fraction of sp³-hybridized carbons (Fsp3) is 0.250. The molecule has 2 rings (SSSR count). The third kappa shape index (κ3) is 2.54. The van der Waals surface area contributed by atoms with E-state index in [4.69, 9.17) is 4.74 Å². The zero-order valence-corrected chi connectivity index (χ0v) is 7.97. The molecule has 0 spiro atoms. The van der Waals surface area contributed by atoms with Crippen LogP contribution in [0.4, 0.5) is 0 Å². The van der Waals surface area contributed by atoms with Gasteiger partial charge in [-0.05, 0) is 12.0 Å². The molecule has 1 heterocycles. The first kappa shape index (κ1) is 9.16. The molecule has 0 bridgehead atoms. The molecule has 14 heavy (non-hydrogen) atoms. The van der Waals surface area contributed by atoms with Gasteiger partial charge in [0.05, 0.1) is 12.7 Å². The van der Waals surface area contributed by atoms with Gasteiger partial charge in [0, 0.05) is 12.4 Å². The van der Waals surface area contributed by atoms with Gasteiger partial charge in [-0.25, -0.2) is 0 Å². The molecule has 0 saturated carbocycles.